The van der Waals surface area contributed by atoms with Crippen LogP contribution in [-0.4, -0.2) is 19.0 Å². The predicted molar refractivity (Wildman–Crippen MR) is 71.1 cm³/mol. The Labute approximate surface area is 107 Å². The highest BCUT2D eigenvalue weighted by molar-refractivity contribution is 6.30. The van der Waals surface area contributed by atoms with Gasteiger partial charge in [0.1, 0.15) is 0 Å². The van der Waals surface area contributed by atoms with Crippen molar-refractivity contribution in [3.8, 4) is 0 Å². The third kappa shape index (κ3) is 5.02. The maximum atomic E-state index is 11.5. The van der Waals surface area contributed by atoms with Gasteiger partial charge in [-0.15, -0.1) is 6.58 Å². The molecule has 0 saturated carbocycles. The van der Waals surface area contributed by atoms with Crippen LogP contribution in [0.1, 0.15) is 18.5 Å². The van der Waals surface area contributed by atoms with Gasteiger partial charge in [0.15, 0.2) is 0 Å². The van der Waals surface area contributed by atoms with Gasteiger partial charge in [-0.25, -0.2) is 0 Å². The fourth-order valence-corrected chi connectivity index (χ4v) is 1.64. The van der Waals surface area contributed by atoms with Gasteiger partial charge in [0.2, 0.25) is 5.91 Å². The highest BCUT2D eigenvalue weighted by Crippen LogP contribution is 2.16. The van der Waals surface area contributed by atoms with Crippen LogP contribution in [0.5, 0.6) is 0 Å². The second kappa shape index (κ2) is 7.09. The summed E-state index contributed by atoms with van der Waals surface area (Å²) in [5.41, 5.74) is 0.995. The van der Waals surface area contributed by atoms with Gasteiger partial charge in [0.05, 0.1) is 12.6 Å². The summed E-state index contributed by atoms with van der Waals surface area (Å²) in [4.78, 5) is 11.5. The molecule has 0 spiro atoms. The van der Waals surface area contributed by atoms with Gasteiger partial charge >= 0.3 is 0 Å². The van der Waals surface area contributed by atoms with Crippen molar-refractivity contribution in [2.24, 2.45) is 0 Å². The van der Waals surface area contributed by atoms with Gasteiger partial charge in [-0.1, -0.05) is 29.8 Å². The molecule has 1 amide bonds. The molecular weight excluding hydrogens is 236 g/mol. The summed E-state index contributed by atoms with van der Waals surface area (Å²) in [6.45, 7) is 6.41. The minimum atomic E-state index is -0.0493. The lowest BCUT2D eigenvalue weighted by Gasteiger charge is -2.14. The van der Waals surface area contributed by atoms with E-state index in [9.17, 15) is 4.79 Å². The first-order chi connectivity index (χ1) is 8.13. The lowest BCUT2D eigenvalue weighted by Crippen LogP contribution is -2.35. The van der Waals surface area contributed by atoms with Crippen LogP contribution in [0.15, 0.2) is 36.9 Å². The number of halogens is 1. The zero-order valence-electron chi connectivity index (χ0n) is 9.87. The monoisotopic (exact) mass is 252 g/mol. The summed E-state index contributed by atoms with van der Waals surface area (Å²) in [6.07, 6.45) is 1.72. The number of hydrogen-bond donors (Lipinski definition) is 2. The summed E-state index contributed by atoms with van der Waals surface area (Å²) in [7, 11) is 0. The Bertz CT molecular complexity index is 393. The molecule has 1 atom stereocenters. The van der Waals surface area contributed by atoms with E-state index in [-0.39, 0.29) is 18.5 Å². The van der Waals surface area contributed by atoms with Crippen molar-refractivity contribution in [1.82, 2.24) is 10.6 Å². The predicted octanol–water partition coefficient (Wildman–Crippen LogP) is 2.29. The molecule has 3 nitrogen and oxygen atoms in total. The van der Waals surface area contributed by atoms with E-state index < -0.39 is 0 Å². The van der Waals surface area contributed by atoms with E-state index in [2.05, 4.69) is 17.2 Å². The van der Waals surface area contributed by atoms with Crippen LogP contribution in [0.3, 0.4) is 0 Å². The quantitative estimate of drug-likeness (QED) is 0.603. The molecule has 0 unspecified atom stereocenters. The van der Waals surface area contributed by atoms with E-state index in [0.717, 1.165) is 5.56 Å². The van der Waals surface area contributed by atoms with Crippen LogP contribution >= 0.6 is 11.6 Å². The number of amides is 1. The average Bonchev–Trinajstić information content (AvgIpc) is 2.29. The molecule has 0 radical (unpaired) electrons. The molecular formula is C13H17ClN2O. The third-order valence-corrected chi connectivity index (χ3v) is 2.54. The van der Waals surface area contributed by atoms with Gasteiger partial charge in [-0.3, -0.25) is 4.79 Å². The van der Waals surface area contributed by atoms with Crippen LogP contribution < -0.4 is 10.6 Å². The van der Waals surface area contributed by atoms with Gasteiger partial charge in [-0.05, 0) is 24.6 Å². The zero-order valence-corrected chi connectivity index (χ0v) is 10.6. The molecule has 1 aromatic carbocycles. The van der Waals surface area contributed by atoms with E-state index in [0.29, 0.717) is 11.6 Å². The van der Waals surface area contributed by atoms with Crippen molar-refractivity contribution < 1.29 is 4.79 Å². The number of carbonyl (C=O) groups is 1. The topological polar surface area (TPSA) is 41.1 Å². The van der Waals surface area contributed by atoms with Crippen molar-refractivity contribution in [2.45, 2.75) is 13.0 Å². The Morgan fingerprint density at radius 2 is 2.35 bits per heavy atom. The highest BCUT2D eigenvalue weighted by atomic mass is 35.5. The smallest absolute Gasteiger partial charge is 0.234 e. The molecule has 0 bridgehead atoms. The summed E-state index contributed by atoms with van der Waals surface area (Å²) in [6, 6.07) is 7.42. The van der Waals surface area contributed by atoms with Crippen LogP contribution in [-0.2, 0) is 4.79 Å². The molecule has 0 aromatic heterocycles. The minimum absolute atomic E-state index is 0.0423. The van der Waals surface area contributed by atoms with Crippen LogP contribution in [0.4, 0.5) is 0 Å². The van der Waals surface area contributed by atoms with Crippen molar-refractivity contribution >= 4 is 17.5 Å². The number of carbonyl (C=O) groups excluding carboxylic acids is 1. The summed E-state index contributed by atoms with van der Waals surface area (Å²) in [5, 5.41) is 6.51. The molecule has 0 fully saturated rings. The van der Waals surface area contributed by atoms with E-state index in [4.69, 9.17) is 11.6 Å². The maximum Gasteiger partial charge on any atom is 0.234 e. The van der Waals surface area contributed by atoms with Crippen molar-refractivity contribution in [1.29, 1.82) is 0 Å². The first kappa shape index (κ1) is 13.7. The molecule has 2 N–H and O–H groups in total. The van der Waals surface area contributed by atoms with Crippen LogP contribution in [0.2, 0.25) is 5.02 Å². The highest BCUT2D eigenvalue weighted by Gasteiger charge is 2.08. The Morgan fingerprint density at radius 1 is 1.59 bits per heavy atom. The van der Waals surface area contributed by atoms with Gasteiger partial charge in [0.25, 0.3) is 0 Å². The Balaban J connectivity index is 2.45. The van der Waals surface area contributed by atoms with Gasteiger partial charge in [0, 0.05) is 11.6 Å². The Kier molecular flexibility index (Phi) is 5.73. The second-order valence-corrected chi connectivity index (χ2v) is 4.20. The largest absolute Gasteiger partial charge is 0.348 e. The van der Waals surface area contributed by atoms with Crippen molar-refractivity contribution in [3.63, 3.8) is 0 Å². The maximum absolute atomic E-state index is 11.5. The van der Waals surface area contributed by atoms with E-state index in [1.165, 1.54) is 0 Å². The molecule has 4 heteroatoms. The number of benzene rings is 1. The lowest BCUT2D eigenvalue weighted by molar-refractivity contribution is -0.120. The molecule has 17 heavy (non-hydrogen) atoms. The molecule has 0 heterocycles. The number of rotatable bonds is 6. The Hall–Kier alpha value is -1.32. The normalized spacial score (nSPS) is 11.9. The molecule has 0 aliphatic rings. The van der Waals surface area contributed by atoms with Crippen molar-refractivity contribution in [3.05, 3.63) is 47.5 Å². The fourth-order valence-electron chi connectivity index (χ4n) is 1.44. The Morgan fingerprint density at radius 3 is 3.00 bits per heavy atom. The van der Waals surface area contributed by atoms with E-state index in [1.54, 1.807) is 6.08 Å². The molecule has 0 aliphatic heterocycles. The van der Waals surface area contributed by atoms with Crippen LogP contribution in [0.25, 0.3) is 0 Å². The second-order valence-electron chi connectivity index (χ2n) is 3.76. The first-order valence-electron chi connectivity index (χ1n) is 5.50. The lowest BCUT2D eigenvalue weighted by atomic mass is 10.1. The van der Waals surface area contributed by atoms with Crippen LogP contribution in [0, 0.1) is 0 Å². The molecule has 0 saturated heterocycles. The zero-order chi connectivity index (χ0) is 12.7. The first-order valence-corrected chi connectivity index (χ1v) is 5.87. The van der Waals surface area contributed by atoms with E-state index in [1.807, 2.05) is 31.2 Å². The van der Waals surface area contributed by atoms with Gasteiger partial charge in [-0.2, -0.15) is 0 Å². The molecule has 92 valence electrons. The minimum Gasteiger partial charge on any atom is -0.348 e. The molecule has 1 aromatic rings. The SMILES string of the molecule is C=CCNCC(=O)N[C@H](C)c1cccc(Cl)c1. The third-order valence-electron chi connectivity index (χ3n) is 2.30. The summed E-state index contributed by atoms with van der Waals surface area (Å²) < 4.78 is 0. The standard InChI is InChI=1S/C13H17ClN2O/c1-3-7-15-9-13(17)16-10(2)11-5-4-6-12(14)8-11/h3-6,8,10,15H,1,7,9H2,2H3,(H,16,17)/t10-/m1/s1. The summed E-state index contributed by atoms with van der Waals surface area (Å²) >= 11 is 5.89. The van der Waals surface area contributed by atoms with Gasteiger partial charge < -0.3 is 10.6 Å². The fraction of sp³-hybridized carbons (Fsp3) is 0.308. The molecule has 0 aliphatic carbocycles. The molecule has 1 rings (SSSR count). The van der Waals surface area contributed by atoms with Crippen molar-refractivity contribution in [2.75, 3.05) is 13.1 Å². The average molecular weight is 253 g/mol. The number of hydrogen-bond acceptors (Lipinski definition) is 2. The van der Waals surface area contributed by atoms with E-state index >= 15 is 0 Å². The summed E-state index contributed by atoms with van der Waals surface area (Å²) in [5.74, 6) is -0.0423. The number of nitrogens with one attached hydrogen (secondary N) is 2.